The Labute approximate surface area is 97.4 Å². The van der Waals surface area contributed by atoms with E-state index < -0.39 is 11.1 Å². The van der Waals surface area contributed by atoms with Crippen molar-refractivity contribution in [1.82, 2.24) is 15.1 Å². The molecular weight excluding hydrogens is 239 g/mol. The van der Waals surface area contributed by atoms with Crippen LogP contribution in [0.3, 0.4) is 0 Å². The summed E-state index contributed by atoms with van der Waals surface area (Å²) in [5.74, 6) is 0. The van der Waals surface area contributed by atoms with E-state index in [9.17, 15) is 14.5 Å². The molecule has 0 spiro atoms. The lowest BCUT2D eigenvalue weighted by Gasteiger charge is -2.26. The maximum atomic E-state index is 13.5. The highest BCUT2D eigenvalue weighted by Gasteiger charge is 2.27. The van der Waals surface area contributed by atoms with Gasteiger partial charge in [0, 0.05) is 6.54 Å². The predicted octanol–water partition coefficient (Wildman–Crippen LogP) is 1.09. The Hall–Kier alpha value is -1.21. The maximum Gasteiger partial charge on any atom is 0.307 e. The van der Waals surface area contributed by atoms with Gasteiger partial charge in [-0.15, -0.1) is 12.4 Å². The van der Waals surface area contributed by atoms with Crippen LogP contribution in [0.2, 0.25) is 0 Å². The zero-order valence-electron chi connectivity index (χ0n) is 8.38. The van der Waals surface area contributed by atoms with Crippen molar-refractivity contribution in [1.29, 1.82) is 0 Å². The summed E-state index contributed by atoms with van der Waals surface area (Å²) in [6.45, 7) is 0.983. The van der Waals surface area contributed by atoms with Gasteiger partial charge in [-0.05, 0) is 13.0 Å². The summed E-state index contributed by atoms with van der Waals surface area (Å²) in [6, 6.07) is -0.389. The van der Waals surface area contributed by atoms with E-state index in [1.54, 1.807) is 0 Å². The summed E-state index contributed by atoms with van der Waals surface area (Å²) in [7, 11) is 0. The van der Waals surface area contributed by atoms with Gasteiger partial charge in [-0.2, -0.15) is 5.10 Å². The molecule has 1 aromatic rings. The Morgan fingerprint density at radius 2 is 2.44 bits per heavy atom. The summed E-state index contributed by atoms with van der Waals surface area (Å²) in [4.78, 5) is 9.89. The lowest BCUT2D eigenvalue weighted by molar-refractivity contribution is -0.385. The summed E-state index contributed by atoms with van der Waals surface area (Å²) >= 11 is 0. The number of halogens is 2. The molecule has 1 saturated heterocycles. The Balaban J connectivity index is 0.00000128. The number of nitrogens with one attached hydrogen (secondary N) is 1. The highest BCUT2D eigenvalue weighted by molar-refractivity contribution is 5.85. The molecule has 0 radical (unpaired) electrons. The third kappa shape index (κ3) is 2.48. The molecular formula is C8H12ClFN4O2. The molecule has 1 aliphatic heterocycles. The van der Waals surface area contributed by atoms with Crippen LogP contribution in [0.15, 0.2) is 12.4 Å². The average molecular weight is 251 g/mol. The van der Waals surface area contributed by atoms with E-state index in [-0.39, 0.29) is 30.7 Å². The number of nitro groups is 1. The molecule has 1 aromatic heterocycles. The highest BCUT2D eigenvalue weighted by atomic mass is 35.5. The van der Waals surface area contributed by atoms with Gasteiger partial charge in [0.05, 0.1) is 11.0 Å². The normalized spacial score (nSPS) is 24.8. The average Bonchev–Trinajstić information content (AvgIpc) is 2.67. The van der Waals surface area contributed by atoms with E-state index in [2.05, 4.69) is 10.4 Å². The van der Waals surface area contributed by atoms with Gasteiger partial charge in [-0.25, -0.2) is 4.39 Å². The van der Waals surface area contributed by atoms with E-state index in [1.165, 1.54) is 10.9 Å². The third-order valence-corrected chi connectivity index (χ3v) is 2.51. The molecule has 1 aliphatic rings. The summed E-state index contributed by atoms with van der Waals surface area (Å²) in [6.07, 6.45) is 1.98. The van der Waals surface area contributed by atoms with Crippen LogP contribution >= 0.6 is 12.4 Å². The minimum Gasteiger partial charge on any atom is -0.314 e. The van der Waals surface area contributed by atoms with E-state index >= 15 is 0 Å². The molecule has 8 heteroatoms. The fourth-order valence-corrected chi connectivity index (χ4v) is 1.71. The van der Waals surface area contributed by atoms with Crippen molar-refractivity contribution in [2.75, 3.05) is 13.1 Å². The molecule has 2 atom stereocenters. The van der Waals surface area contributed by atoms with Crippen LogP contribution in [0.5, 0.6) is 0 Å². The SMILES string of the molecule is Cl.O=[N+]([O-])c1cnn(C2CCNCC2F)c1. The van der Waals surface area contributed by atoms with Crippen molar-refractivity contribution >= 4 is 18.1 Å². The number of piperidine rings is 1. The second-order valence-electron chi connectivity index (χ2n) is 3.51. The van der Waals surface area contributed by atoms with Gasteiger partial charge >= 0.3 is 5.69 Å². The molecule has 6 nitrogen and oxygen atoms in total. The number of hydrogen-bond donors (Lipinski definition) is 1. The number of nitrogens with zero attached hydrogens (tertiary/aromatic N) is 3. The molecule has 2 heterocycles. The minimum atomic E-state index is -1.04. The van der Waals surface area contributed by atoms with Crippen molar-refractivity contribution < 1.29 is 9.31 Å². The lowest BCUT2D eigenvalue weighted by Crippen LogP contribution is -2.39. The molecule has 0 amide bonds. The molecule has 90 valence electrons. The van der Waals surface area contributed by atoms with E-state index in [0.29, 0.717) is 13.0 Å². The monoisotopic (exact) mass is 250 g/mol. The topological polar surface area (TPSA) is 73.0 Å². The third-order valence-electron chi connectivity index (χ3n) is 2.51. The van der Waals surface area contributed by atoms with Crippen LogP contribution in [0.25, 0.3) is 0 Å². The Morgan fingerprint density at radius 3 is 3.00 bits per heavy atom. The van der Waals surface area contributed by atoms with E-state index in [4.69, 9.17) is 0 Å². The van der Waals surface area contributed by atoms with Crippen LogP contribution in [0.4, 0.5) is 10.1 Å². The molecule has 1 N–H and O–H groups in total. The maximum absolute atomic E-state index is 13.5. The first-order valence-corrected chi connectivity index (χ1v) is 4.72. The van der Waals surface area contributed by atoms with Crippen molar-refractivity contribution in [2.24, 2.45) is 0 Å². The smallest absolute Gasteiger partial charge is 0.307 e. The first-order valence-electron chi connectivity index (χ1n) is 4.72. The fraction of sp³-hybridized carbons (Fsp3) is 0.625. The van der Waals surface area contributed by atoms with Crippen molar-refractivity contribution in [2.45, 2.75) is 18.6 Å². The zero-order chi connectivity index (χ0) is 10.8. The highest BCUT2D eigenvalue weighted by Crippen LogP contribution is 2.22. The molecule has 0 aromatic carbocycles. The molecule has 0 aliphatic carbocycles. The molecule has 16 heavy (non-hydrogen) atoms. The number of rotatable bonds is 2. The number of aromatic nitrogens is 2. The second-order valence-corrected chi connectivity index (χ2v) is 3.51. The predicted molar refractivity (Wildman–Crippen MR) is 57.5 cm³/mol. The molecule has 2 rings (SSSR count). The summed E-state index contributed by atoms with van der Waals surface area (Å²) < 4.78 is 14.8. The van der Waals surface area contributed by atoms with Crippen molar-refractivity contribution in [3.8, 4) is 0 Å². The van der Waals surface area contributed by atoms with Gasteiger partial charge in [-0.1, -0.05) is 0 Å². The summed E-state index contributed by atoms with van der Waals surface area (Å²) in [5, 5.41) is 17.2. The van der Waals surface area contributed by atoms with Crippen LogP contribution < -0.4 is 5.32 Å². The zero-order valence-corrected chi connectivity index (χ0v) is 9.19. The number of alkyl halides is 1. The van der Waals surface area contributed by atoms with Crippen LogP contribution in [0.1, 0.15) is 12.5 Å². The second kappa shape index (κ2) is 5.22. The van der Waals surface area contributed by atoms with Crippen LogP contribution in [-0.2, 0) is 0 Å². The largest absolute Gasteiger partial charge is 0.314 e. The van der Waals surface area contributed by atoms with Crippen molar-refractivity contribution in [3.63, 3.8) is 0 Å². The number of hydrogen-bond acceptors (Lipinski definition) is 4. The quantitative estimate of drug-likeness (QED) is 0.630. The molecule has 0 bridgehead atoms. The summed E-state index contributed by atoms with van der Waals surface area (Å²) in [5.41, 5.74) is -0.0965. The lowest BCUT2D eigenvalue weighted by atomic mass is 10.1. The van der Waals surface area contributed by atoms with Gasteiger partial charge in [0.2, 0.25) is 0 Å². The first kappa shape index (κ1) is 12.9. The Morgan fingerprint density at radius 1 is 1.69 bits per heavy atom. The minimum absolute atomic E-state index is 0. The van der Waals surface area contributed by atoms with E-state index in [0.717, 1.165) is 6.20 Å². The van der Waals surface area contributed by atoms with Crippen molar-refractivity contribution in [3.05, 3.63) is 22.5 Å². The van der Waals surface area contributed by atoms with Gasteiger partial charge in [0.25, 0.3) is 0 Å². The van der Waals surface area contributed by atoms with Crippen LogP contribution in [-0.4, -0.2) is 34.0 Å². The molecule has 0 saturated carbocycles. The fourth-order valence-electron chi connectivity index (χ4n) is 1.71. The van der Waals surface area contributed by atoms with Gasteiger partial charge in [-0.3, -0.25) is 14.8 Å². The molecule has 2 unspecified atom stereocenters. The van der Waals surface area contributed by atoms with Crippen LogP contribution in [0, 0.1) is 10.1 Å². The van der Waals surface area contributed by atoms with Gasteiger partial charge in [0.15, 0.2) is 0 Å². The Bertz CT molecular complexity index is 373. The van der Waals surface area contributed by atoms with E-state index in [1.807, 2.05) is 0 Å². The van der Waals surface area contributed by atoms with Gasteiger partial charge in [0.1, 0.15) is 18.6 Å². The Kier molecular flexibility index (Phi) is 4.19. The van der Waals surface area contributed by atoms with Gasteiger partial charge < -0.3 is 5.32 Å². The molecule has 1 fully saturated rings. The first-order chi connectivity index (χ1) is 7.18. The standard InChI is InChI=1S/C8H11FN4O2.ClH/c9-7-4-10-2-1-8(7)12-5-6(3-11-12)13(14)15;/h3,5,7-8,10H,1-2,4H2;1H.